The van der Waals surface area contributed by atoms with Gasteiger partial charge in [-0.05, 0) is 11.1 Å². The zero-order valence-corrected chi connectivity index (χ0v) is 9.86. The summed E-state index contributed by atoms with van der Waals surface area (Å²) in [6.07, 6.45) is 0. The summed E-state index contributed by atoms with van der Waals surface area (Å²) in [6.45, 7) is 0. The van der Waals surface area contributed by atoms with Crippen LogP contribution >= 0.6 is 10.7 Å². The van der Waals surface area contributed by atoms with E-state index in [1.54, 1.807) is 18.2 Å². The third kappa shape index (κ3) is 1.90. The molecule has 0 saturated heterocycles. The van der Waals surface area contributed by atoms with Crippen LogP contribution in [-0.4, -0.2) is 8.42 Å². The fraction of sp³-hybridized carbons (Fsp3) is 0. The van der Waals surface area contributed by atoms with E-state index in [1.165, 1.54) is 12.1 Å². The minimum absolute atomic E-state index is 0.245. The molecule has 0 aromatic heterocycles. The van der Waals surface area contributed by atoms with E-state index in [0.717, 1.165) is 0 Å². The second-order valence-electron chi connectivity index (χ2n) is 3.31. The van der Waals surface area contributed by atoms with Crippen molar-refractivity contribution in [3.05, 3.63) is 35.3 Å². The summed E-state index contributed by atoms with van der Waals surface area (Å²) in [6, 6.07) is 7.50. The van der Waals surface area contributed by atoms with Crippen LogP contribution in [0.5, 0.6) is 5.75 Å². The molecule has 0 saturated carbocycles. The molecule has 7 heteroatoms. The average Bonchev–Trinajstić information content (AvgIpc) is 2.25. The molecule has 86 valence electrons. The summed E-state index contributed by atoms with van der Waals surface area (Å²) < 4.78 is 22.9. The van der Waals surface area contributed by atoms with E-state index in [0.29, 0.717) is 5.39 Å². The van der Waals surface area contributed by atoms with Gasteiger partial charge in [-0.15, -0.1) is 0 Å². The van der Waals surface area contributed by atoms with Crippen LogP contribution in [0.1, 0.15) is 0 Å². The first kappa shape index (κ1) is 11.6. The van der Waals surface area contributed by atoms with E-state index in [4.69, 9.17) is 16.1 Å². The summed E-state index contributed by atoms with van der Waals surface area (Å²) in [5.74, 6) is -0.703. The Morgan fingerprint density at radius 1 is 1.29 bits per heavy atom. The summed E-state index contributed by atoms with van der Waals surface area (Å²) >= 11 is 0. The van der Waals surface area contributed by atoms with Gasteiger partial charge < -0.3 is 5.11 Å². The minimum atomic E-state index is -4.18. The molecule has 0 amide bonds. The molecule has 0 unspecified atom stereocenters. The van der Waals surface area contributed by atoms with Gasteiger partial charge in [-0.25, -0.2) is 8.42 Å². The lowest BCUT2D eigenvalue weighted by Crippen LogP contribution is -1.98. The van der Waals surface area contributed by atoms with Gasteiger partial charge in [0, 0.05) is 16.1 Å². The van der Waals surface area contributed by atoms with Crippen LogP contribution in [0, 0.1) is 5.39 Å². The highest BCUT2D eigenvalue weighted by molar-refractivity contribution is 8.14. The fourth-order valence-corrected chi connectivity index (χ4v) is 2.91. The average molecular weight is 269 g/mol. The number of hydrogen-bond acceptors (Lipinski definition) is 4. The predicted octanol–water partition coefficient (Wildman–Crippen LogP) is 2.33. The van der Waals surface area contributed by atoms with E-state index in [2.05, 4.69) is 4.98 Å². The van der Waals surface area contributed by atoms with Crippen LogP contribution in [0.3, 0.4) is 0 Å². The van der Waals surface area contributed by atoms with Gasteiger partial charge in [0.2, 0.25) is 5.39 Å². The van der Waals surface area contributed by atoms with Gasteiger partial charge in [-0.2, -0.15) is 0 Å². The largest absolute Gasteiger partial charge is 0.867 e. The number of hydrogen-bond donors (Lipinski definition) is 0. The van der Waals surface area contributed by atoms with Crippen molar-refractivity contribution >= 4 is 36.2 Å². The zero-order valence-electron chi connectivity index (χ0n) is 8.29. The lowest BCUT2D eigenvalue weighted by atomic mass is 10.1. The molecule has 2 rings (SSSR count). The molecule has 0 fully saturated rings. The summed E-state index contributed by atoms with van der Waals surface area (Å²) in [4.78, 5) is 2.24. The van der Waals surface area contributed by atoms with E-state index in [-0.39, 0.29) is 5.39 Å². The molecule has 0 aliphatic carbocycles. The van der Waals surface area contributed by atoms with Crippen molar-refractivity contribution in [2.75, 3.05) is 0 Å². The summed E-state index contributed by atoms with van der Waals surface area (Å²) in [5.41, 5.74) is -0.571. The van der Waals surface area contributed by atoms with Crippen molar-refractivity contribution in [3.63, 3.8) is 0 Å². The number of nitrogens with zero attached hydrogens (tertiary/aromatic N) is 2. The Morgan fingerprint density at radius 2 is 1.94 bits per heavy atom. The molecule has 0 radical (unpaired) electrons. The molecule has 0 aliphatic heterocycles. The topological polar surface area (TPSA) is 85.3 Å². The molecule has 0 heterocycles. The molecule has 0 atom stereocenters. The van der Waals surface area contributed by atoms with Crippen LogP contribution in [0.25, 0.3) is 15.7 Å². The van der Waals surface area contributed by atoms with Gasteiger partial charge in [0.25, 0.3) is 9.05 Å². The number of benzene rings is 2. The van der Waals surface area contributed by atoms with Gasteiger partial charge in [0.05, 0.1) is 0 Å². The number of diazo groups is 1. The van der Waals surface area contributed by atoms with Crippen molar-refractivity contribution in [1.82, 2.24) is 0 Å². The standard InChI is InChI=1S/C10H5ClN2O3S/c11-17(15,16)10-7-4-2-1-3-6(7)5-8(14)9(10)13-12/h1-5H. The normalized spacial score (nSPS) is 11.3. The minimum Gasteiger partial charge on any atom is -0.867 e. The molecule has 0 N–H and O–H groups in total. The number of halogens is 1. The highest BCUT2D eigenvalue weighted by atomic mass is 35.7. The molecule has 17 heavy (non-hydrogen) atoms. The number of rotatable bonds is 1. The molecule has 0 bridgehead atoms. The maximum Gasteiger partial charge on any atom is 0.397 e. The molecule has 2 aromatic rings. The van der Waals surface area contributed by atoms with E-state index in [1.807, 2.05) is 0 Å². The highest BCUT2D eigenvalue weighted by Gasteiger charge is 2.28. The second-order valence-corrected chi connectivity index (χ2v) is 5.81. The Labute approximate surface area is 101 Å². The monoisotopic (exact) mass is 268 g/mol. The quantitative estimate of drug-likeness (QED) is 0.587. The Bertz CT molecular complexity index is 750. The van der Waals surface area contributed by atoms with E-state index < -0.39 is 25.4 Å². The lowest BCUT2D eigenvalue weighted by Gasteiger charge is -2.07. The summed E-state index contributed by atoms with van der Waals surface area (Å²) in [7, 11) is 1.08. The van der Waals surface area contributed by atoms with Gasteiger partial charge >= 0.3 is 5.69 Å². The van der Waals surface area contributed by atoms with Gasteiger partial charge in [0.15, 0.2) is 9.87 Å². The Balaban J connectivity index is 3.10. The van der Waals surface area contributed by atoms with Crippen molar-refractivity contribution in [2.24, 2.45) is 0 Å². The van der Waals surface area contributed by atoms with Crippen molar-refractivity contribution in [1.29, 1.82) is 5.39 Å². The first-order chi connectivity index (χ1) is 7.95. The second kappa shape index (κ2) is 3.87. The highest BCUT2D eigenvalue weighted by Crippen LogP contribution is 2.39. The van der Waals surface area contributed by atoms with Crippen LogP contribution in [0.4, 0.5) is 5.69 Å². The molecule has 2 aromatic carbocycles. The Morgan fingerprint density at radius 3 is 2.53 bits per heavy atom. The zero-order chi connectivity index (χ0) is 12.6. The maximum absolute atomic E-state index is 11.6. The molecular formula is C10H5ClN2O3S. The first-order valence-electron chi connectivity index (χ1n) is 4.47. The smallest absolute Gasteiger partial charge is 0.397 e. The maximum atomic E-state index is 11.6. The van der Waals surface area contributed by atoms with Crippen LogP contribution in [0.15, 0.2) is 35.2 Å². The fourth-order valence-electron chi connectivity index (χ4n) is 1.62. The molecule has 5 nitrogen and oxygen atoms in total. The van der Waals surface area contributed by atoms with Gasteiger partial charge in [-0.1, -0.05) is 30.3 Å². The third-order valence-corrected chi connectivity index (χ3v) is 3.65. The van der Waals surface area contributed by atoms with E-state index >= 15 is 0 Å². The first-order valence-corrected chi connectivity index (χ1v) is 6.78. The van der Waals surface area contributed by atoms with E-state index in [9.17, 15) is 13.5 Å². The summed E-state index contributed by atoms with van der Waals surface area (Å²) in [5, 5.41) is 20.9. The van der Waals surface area contributed by atoms with Crippen molar-refractivity contribution in [3.8, 4) is 5.75 Å². The SMILES string of the molecule is N#[N+]c1c([O-])cc2ccccc2c1S(=O)(=O)Cl. The Kier molecular flexibility index (Phi) is 2.65. The van der Waals surface area contributed by atoms with Crippen LogP contribution in [0.2, 0.25) is 0 Å². The molecule has 0 aliphatic rings. The van der Waals surface area contributed by atoms with Gasteiger partial charge in [0.1, 0.15) is 0 Å². The van der Waals surface area contributed by atoms with Crippen molar-refractivity contribution in [2.45, 2.75) is 4.90 Å². The predicted molar refractivity (Wildman–Crippen MR) is 61.2 cm³/mol. The Hall–Kier alpha value is -1.84. The molecule has 0 spiro atoms. The number of fused-ring (bicyclic) bond motifs is 1. The van der Waals surface area contributed by atoms with Crippen LogP contribution < -0.4 is 5.11 Å². The van der Waals surface area contributed by atoms with Crippen LogP contribution in [-0.2, 0) is 9.05 Å². The third-order valence-electron chi connectivity index (χ3n) is 2.28. The lowest BCUT2D eigenvalue weighted by molar-refractivity contribution is -0.266. The van der Waals surface area contributed by atoms with Gasteiger partial charge in [-0.3, -0.25) is 0 Å². The van der Waals surface area contributed by atoms with Crippen molar-refractivity contribution < 1.29 is 13.5 Å². The molecular weight excluding hydrogens is 264 g/mol.